The minimum Gasteiger partial charge on any atom is -0.447 e. The van der Waals surface area contributed by atoms with E-state index in [9.17, 15) is 9.90 Å². The topological polar surface area (TPSA) is 67.8 Å². The maximum atomic E-state index is 11.4. The van der Waals surface area contributed by atoms with Crippen molar-refractivity contribution < 1.29 is 19.1 Å². The third kappa shape index (κ3) is 7.87. The number of ether oxygens (including phenoxy) is 1. The lowest BCUT2D eigenvalue weighted by molar-refractivity contribution is 0.0335. The minimum atomic E-state index is -1.88. The molecule has 0 spiro atoms. The SMILES string of the molecule is CC(C)(C)NC(=O)OCC(O)CO[Si](C)(C)C(C)(C)C. The first kappa shape index (κ1) is 19.4. The molecule has 0 rings (SSSR count). The van der Waals surface area contributed by atoms with Crippen LogP contribution in [-0.2, 0) is 9.16 Å². The molecule has 0 aromatic rings. The molecule has 0 fully saturated rings. The minimum absolute atomic E-state index is 0.0590. The molecule has 0 saturated carbocycles. The summed E-state index contributed by atoms with van der Waals surface area (Å²) in [5.41, 5.74) is -0.348. The van der Waals surface area contributed by atoms with Gasteiger partial charge in [0, 0.05) is 5.54 Å². The van der Waals surface area contributed by atoms with E-state index in [1.807, 2.05) is 20.8 Å². The van der Waals surface area contributed by atoms with Gasteiger partial charge in [0.05, 0.1) is 6.61 Å². The Hall–Kier alpha value is -0.593. The van der Waals surface area contributed by atoms with Crippen LogP contribution in [0.15, 0.2) is 0 Å². The molecule has 120 valence electrons. The Balaban J connectivity index is 4.08. The summed E-state index contributed by atoms with van der Waals surface area (Å²) in [6.45, 7) is 16.4. The molecule has 0 saturated heterocycles. The van der Waals surface area contributed by atoms with E-state index in [0.717, 1.165) is 0 Å². The highest BCUT2D eigenvalue weighted by Crippen LogP contribution is 2.36. The number of carbonyl (C=O) groups is 1. The highest BCUT2D eigenvalue weighted by atomic mass is 28.4. The van der Waals surface area contributed by atoms with E-state index in [2.05, 4.69) is 39.2 Å². The average Bonchev–Trinajstić information content (AvgIpc) is 2.19. The zero-order valence-electron chi connectivity index (χ0n) is 14.2. The molecular formula is C14H31NO4Si. The number of rotatable bonds is 5. The van der Waals surface area contributed by atoms with Crippen molar-refractivity contribution in [1.82, 2.24) is 5.32 Å². The molecule has 0 bridgehead atoms. The van der Waals surface area contributed by atoms with Crippen LogP contribution in [0.4, 0.5) is 4.79 Å². The molecule has 0 aromatic carbocycles. The predicted octanol–water partition coefficient (Wildman–Crippen LogP) is 2.89. The molecule has 0 radical (unpaired) electrons. The van der Waals surface area contributed by atoms with E-state index >= 15 is 0 Å². The van der Waals surface area contributed by atoms with Crippen LogP contribution < -0.4 is 5.32 Å². The van der Waals surface area contributed by atoms with E-state index in [0.29, 0.717) is 0 Å². The van der Waals surface area contributed by atoms with Crippen molar-refractivity contribution in [2.75, 3.05) is 13.2 Å². The van der Waals surface area contributed by atoms with Crippen molar-refractivity contribution >= 4 is 14.4 Å². The maximum absolute atomic E-state index is 11.4. The van der Waals surface area contributed by atoms with E-state index in [1.165, 1.54) is 0 Å². The molecule has 1 unspecified atom stereocenters. The van der Waals surface area contributed by atoms with E-state index in [4.69, 9.17) is 9.16 Å². The van der Waals surface area contributed by atoms with Crippen LogP contribution in [0.3, 0.4) is 0 Å². The van der Waals surface area contributed by atoms with Gasteiger partial charge in [-0.3, -0.25) is 0 Å². The van der Waals surface area contributed by atoms with Gasteiger partial charge in [0.2, 0.25) is 0 Å². The van der Waals surface area contributed by atoms with Gasteiger partial charge in [-0.2, -0.15) is 0 Å². The van der Waals surface area contributed by atoms with Gasteiger partial charge < -0.3 is 19.6 Å². The standard InChI is InChI=1S/C14H31NO4Si/c1-13(2,3)15-12(17)18-9-11(16)10-19-20(7,8)14(4,5)6/h11,16H,9-10H2,1-8H3,(H,15,17). The highest BCUT2D eigenvalue weighted by molar-refractivity contribution is 6.74. The van der Waals surface area contributed by atoms with Gasteiger partial charge in [0.15, 0.2) is 8.32 Å². The number of aliphatic hydroxyl groups excluding tert-OH is 1. The Morgan fingerprint density at radius 1 is 1.15 bits per heavy atom. The number of nitrogens with one attached hydrogen (secondary N) is 1. The molecule has 0 aliphatic heterocycles. The lowest BCUT2D eigenvalue weighted by Gasteiger charge is -2.36. The second-order valence-electron chi connectivity index (χ2n) is 7.70. The Morgan fingerprint density at radius 2 is 1.65 bits per heavy atom. The Labute approximate surface area is 124 Å². The van der Waals surface area contributed by atoms with Gasteiger partial charge in [0.1, 0.15) is 12.7 Å². The van der Waals surface area contributed by atoms with Gasteiger partial charge in [-0.05, 0) is 38.9 Å². The molecule has 0 aliphatic rings. The fourth-order valence-corrected chi connectivity index (χ4v) is 2.13. The summed E-state index contributed by atoms with van der Waals surface area (Å²) < 4.78 is 10.8. The Bertz CT molecular complexity index is 318. The summed E-state index contributed by atoms with van der Waals surface area (Å²) in [6, 6.07) is 0. The molecule has 1 amide bonds. The van der Waals surface area contributed by atoms with Crippen LogP contribution in [0.25, 0.3) is 0 Å². The van der Waals surface area contributed by atoms with Gasteiger partial charge in [-0.25, -0.2) is 4.79 Å². The summed E-state index contributed by atoms with van der Waals surface area (Å²) in [5.74, 6) is 0. The zero-order valence-corrected chi connectivity index (χ0v) is 15.2. The monoisotopic (exact) mass is 305 g/mol. The first-order chi connectivity index (χ1) is 8.74. The van der Waals surface area contributed by atoms with Crippen molar-refractivity contribution in [2.24, 2.45) is 0 Å². The first-order valence-corrected chi connectivity index (χ1v) is 9.92. The predicted molar refractivity (Wildman–Crippen MR) is 83.4 cm³/mol. The van der Waals surface area contributed by atoms with Gasteiger partial charge in [-0.1, -0.05) is 20.8 Å². The van der Waals surface area contributed by atoms with Crippen LogP contribution in [0.1, 0.15) is 41.5 Å². The van der Waals surface area contributed by atoms with Crippen molar-refractivity contribution in [2.45, 2.75) is 71.3 Å². The lowest BCUT2D eigenvalue weighted by Crippen LogP contribution is -2.44. The molecule has 1 atom stereocenters. The van der Waals surface area contributed by atoms with Gasteiger partial charge >= 0.3 is 6.09 Å². The van der Waals surface area contributed by atoms with E-state index in [-0.39, 0.29) is 23.8 Å². The van der Waals surface area contributed by atoms with Gasteiger partial charge in [0.25, 0.3) is 0 Å². The van der Waals surface area contributed by atoms with Gasteiger partial charge in [-0.15, -0.1) is 0 Å². The van der Waals surface area contributed by atoms with Crippen LogP contribution in [0.2, 0.25) is 18.1 Å². The molecule has 6 heteroatoms. The van der Waals surface area contributed by atoms with Crippen LogP contribution in [0.5, 0.6) is 0 Å². The van der Waals surface area contributed by atoms with Crippen molar-refractivity contribution in [3.63, 3.8) is 0 Å². The summed E-state index contributed by atoms with van der Waals surface area (Å²) in [4.78, 5) is 11.4. The molecule has 0 aromatic heterocycles. The van der Waals surface area contributed by atoms with Crippen LogP contribution >= 0.6 is 0 Å². The largest absolute Gasteiger partial charge is 0.447 e. The molecule has 0 heterocycles. The second kappa shape index (κ2) is 6.91. The number of hydrogen-bond acceptors (Lipinski definition) is 4. The number of hydrogen-bond donors (Lipinski definition) is 2. The third-order valence-electron chi connectivity index (χ3n) is 3.33. The molecule has 20 heavy (non-hydrogen) atoms. The van der Waals surface area contributed by atoms with Crippen molar-refractivity contribution in [1.29, 1.82) is 0 Å². The quantitative estimate of drug-likeness (QED) is 0.766. The van der Waals surface area contributed by atoms with Crippen molar-refractivity contribution in [3.05, 3.63) is 0 Å². The highest BCUT2D eigenvalue weighted by Gasteiger charge is 2.37. The maximum Gasteiger partial charge on any atom is 0.407 e. The summed E-state index contributed by atoms with van der Waals surface area (Å²) in [7, 11) is -1.88. The molecule has 0 aliphatic carbocycles. The summed E-state index contributed by atoms with van der Waals surface area (Å²) >= 11 is 0. The molecular weight excluding hydrogens is 274 g/mol. The first-order valence-electron chi connectivity index (χ1n) is 7.01. The number of aliphatic hydroxyl groups is 1. The summed E-state index contributed by atoms with van der Waals surface area (Å²) in [6.07, 6.45) is -1.32. The average molecular weight is 305 g/mol. The molecule has 5 nitrogen and oxygen atoms in total. The Morgan fingerprint density at radius 3 is 2.05 bits per heavy atom. The number of amides is 1. The van der Waals surface area contributed by atoms with E-state index < -0.39 is 20.5 Å². The van der Waals surface area contributed by atoms with Crippen LogP contribution in [0, 0.1) is 0 Å². The van der Waals surface area contributed by atoms with Crippen molar-refractivity contribution in [3.8, 4) is 0 Å². The number of carbonyl (C=O) groups excluding carboxylic acids is 1. The van der Waals surface area contributed by atoms with Crippen LogP contribution in [-0.4, -0.2) is 44.4 Å². The Kier molecular flexibility index (Phi) is 6.71. The molecule has 2 N–H and O–H groups in total. The fraction of sp³-hybridized carbons (Fsp3) is 0.929. The summed E-state index contributed by atoms with van der Waals surface area (Å²) in [5, 5.41) is 12.6. The lowest BCUT2D eigenvalue weighted by atomic mass is 10.1. The number of alkyl carbamates (subject to hydrolysis) is 1. The second-order valence-corrected chi connectivity index (χ2v) is 12.5. The third-order valence-corrected chi connectivity index (χ3v) is 7.83. The smallest absolute Gasteiger partial charge is 0.407 e. The fourth-order valence-electron chi connectivity index (χ4n) is 1.08. The van der Waals surface area contributed by atoms with E-state index in [1.54, 1.807) is 0 Å². The zero-order chi connectivity index (χ0) is 16.2. The normalized spacial score (nSPS) is 14.8.